The normalized spacial score (nSPS) is 8.50. The zero-order chi connectivity index (χ0) is 20.2. The van der Waals surface area contributed by atoms with Gasteiger partial charge < -0.3 is 35.7 Å². The maximum atomic E-state index is 9.25. The second-order valence-electron chi connectivity index (χ2n) is 3.76. The summed E-state index contributed by atoms with van der Waals surface area (Å²) in [6.45, 7) is 7.26. The Morgan fingerprint density at radius 3 is 0.750 bits per heavy atom. The second-order valence-corrected chi connectivity index (χ2v) is 3.76. The predicted octanol–water partition coefficient (Wildman–Crippen LogP) is -1.29. The minimum atomic E-state index is -1.11. The summed E-state index contributed by atoms with van der Waals surface area (Å²) < 4.78 is 0. The highest BCUT2D eigenvalue weighted by atomic mass is 16.4. The van der Waals surface area contributed by atoms with E-state index in [0.717, 1.165) is 18.2 Å². The molecule has 0 saturated heterocycles. The van der Waals surface area contributed by atoms with Crippen LogP contribution >= 0.6 is 0 Å². The Hall–Kier alpha value is -2.53. The topological polar surface area (TPSA) is 193 Å². The number of carbonyl (C=O) groups is 3. The van der Waals surface area contributed by atoms with Crippen LogP contribution in [0, 0.1) is 5.41 Å². The quantitative estimate of drug-likeness (QED) is 0.271. The van der Waals surface area contributed by atoms with Crippen molar-refractivity contribution >= 4 is 17.9 Å². The third kappa shape index (κ3) is 27.8. The van der Waals surface area contributed by atoms with E-state index < -0.39 is 49.8 Å². The zero-order valence-corrected chi connectivity index (χ0v) is 13.0. The van der Waals surface area contributed by atoms with E-state index in [0.29, 0.717) is 0 Å². The lowest BCUT2D eigenvalue weighted by atomic mass is 9.93. The molecule has 10 heteroatoms. The van der Waals surface area contributed by atoms with Gasteiger partial charge in [0.25, 0.3) is 0 Å². The largest absolute Gasteiger partial charge is 0.478 e. The summed E-state index contributed by atoms with van der Waals surface area (Å²) >= 11 is 0. The van der Waals surface area contributed by atoms with Crippen LogP contribution in [-0.2, 0) is 14.4 Å². The highest BCUT2D eigenvalue weighted by Gasteiger charge is 2.26. The van der Waals surface area contributed by atoms with Crippen LogP contribution in [0.3, 0.4) is 0 Å². The van der Waals surface area contributed by atoms with Crippen LogP contribution in [0.25, 0.3) is 0 Å². The molecule has 0 aliphatic heterocycles. The molecule has 0 aliphatic rings. The highest BCUT2D eigenvalue weighted by Crippen LogP contribution is 2.11. The van der Waals surface area contributed by atoms with Gasteiger partial charge in [-0.2, -0.15) is 0 Å². The molecule has 0 saturated carbocycles. The molecule has 0 radical (unpaired) electrons. The minimum absolute atomic E-state index is 0.406. The van der Waals surface area contributed by atoms with E-state index >= 15 is 0 Å². The number of hydrogen-bond acceptors (Lipinski definition) is 7. The number of hydrogen-bond donors (Lipinski definition) is 7. The molecule has 7 N–H and O–H groups in total. The molecule has 0 spiro atoms. The van der Waals surface area contributed by atoms with Gasteiger partial charge in [0, 0.05) is 18.2 Å². The molecule has 0 bridgehead atoms. The molecule has 0 fully saturated rings. The van der Waals surface area contributed by atoms with E-state index in [9.17, 15) is 14.4 Å². The molecule has 10 nitrogen and oxygen atoms in total. The summed E-state index contributed by atoms with van der Waals surface area (Å²) in [5.41, 5.74) is -1.11. The summed E-state index contributed by atoms with van der Waals surface area (Å²) in [5, 5.41) is 56.8. The van der Waals surface area contributed by atoms with Gasteiger partial charge in [-0.25, -0.2) is 14.4 Å². The fraction of sp³-hybridized carbons (Fsp3) is 0.357. The summed E-state index contributed by atoms with van der Waals surface area (Å²) in [7, 11) is 0. The number of rotatable bonds is 7. The van der Waals surface area contributed by atoms with Gasteiger partial charge in [0.1, 0.15) is 0 Å². The predicted molar refractivity (Wildman–Crippen MR) is 84.3 cm³/mol. The van der Waals surface area contributed by atoms with Crippen LogP contribution in [0.2, 0.25) is 0 Å². The van der Waals surface area contributed by atoms with E-state index in [4.69, 9.17) is 35.7 Å². The smallest absolute Gasteiger partial charge is 0.327 e. The van der Waals surface area contributed by atoms with Crippen LogP contribution in [0.1, 0.15) is 0 Å². The molecule has 0 rings (SSSR count). The minimum Gasteiger partial charge on any atom is -0.478 e. The lowest BCUT2D eigenvalue weighted by Crippen LogP contribution is -2.37. The van der Waals surface area contributed by atoms with Crippen LogP contribution in [-0.4, -0.2) is 80.1 Å². The summed E-state index contributed by atoms with van der Waals surface area (Å²) in [4.78, 5) is 27.8. The van der Waals surface area contributed by atoms with Crippen LogP contribution in [0.5, 0.6) is 0 Å². The third-order valence-corrected chi connectivity index (χ3v) is 1.87. The fourth-order valence-electron chi connectivity index (χ4n) is 0.300. The average Bonchev–Trinajstić information content (AvgIpc) is 2.59. The summed E-state index contributed by atoms with van der Waals surface area (Å²) in [6.07, 6.45) is 2.50. The van der Waals surface area contributed by atoms with Gasteiger partial charge in [0.15, 0.2) is 0 Å². The number of carboxylic acids is 3. The van der Waals surface area contributed by atoms with Crippen LogP contribution < -0.4 is 0 Å². The third-order valence-electron chi connectivity index (χ3n) is 1.87. The zero-order valence-electron chi connectivity index (χ0n) is 13.0. The van der Waals surface area contributed by atoms with E-state index in [1.165, 1.54) is 0 Å². The molecule has 0 heterocycles. The first kappa shape index (κ1) is 29.5. The van der Waals surface area contributed by atoms with Gasteiger partial charge in [-0.3, -0.25) is 0 Å². The van der Waals surface area contributed by atoms with Crippen molar-refractivity contribution in [1.29, 1.82) is 0 Å². The molecule has 0 aliphatic carbocycles. The van der Waals surface area contributed by atoms with Gasteiger partial charge in [-0.1, -0.05) is 19.7 Å². The monoisotopic (exact) mass is 352 g/mol. The van der Waals surface area contributed by atoms with Gasteiger partial charge >= 0.3 is 17.9 Å². The Labute approximate surface area is 138 Å². The number of aliphatic carboxylic acids is 3. The molecule has 0 amide bonds. The van der Waals surface area contributed by atoms with Crippen LogP contribution in [0.4, 0.5) is 0 Å². The van der Waals surface area contributed by atoms with Gasteiger partial charge in [0.2, 0.25) is 0 Å². The second kappa shape index (κ2) is 20.5. The SMILES string of the molecule is C=CC(=O)O.C=CC(=O)O.C=CC(=O)O.OCC(CO)(CO)CO. The first-order valence-electron chi connectivity index (χ1n) is 6.05. The van der Waals surface area contributed by atoms with Crippen molar-refractivity contribution in [3.63, 3.8) is 0 Å². The van der Waals surface area contributed by atoms with Gasteiger partial charge in [-0.15, -0.1) is 0 Å². The average molecular weight is 352 g/mol. The lowest BCUT2D eigenvalue weighted by molar-refractivity contribution is -0.132. The number of aliphatic hydroxyl groups excluding tert-OH is 4. The molecule has 0 aromatic rings. The Bertz CT molecular complexity index is 325. The molecular weight excluding hydrogens is 328 g/mol. The van der Waals surface area contributed by atoms with Gasteiger partial charge in [0.05, 0.1) is 31.8 Å². The highest BCUT2D eigenvalue weighted by molar-refractivity contribution is 5.79. The van der Waals surface area contributed by atoms with E-state index in [-0.39, 0.29) is 0 Å². The Kier molecular flexibility index (Phi) is 25.1. The van der Waals surface area contributed by atoms with Crippen molar-refractivity contribution < 1.29 is 50.1 Å². The molecule has 0 aromatic carbocycles. The molecule has 0 aromatic heterocycles. The fourth-order valence-corrected chi connectivity index (χ4v) is 0.300. The van der Waals surface area contributed by atoms with Crippen molar-refractivity contribution in [2.24, 2.45) is 5.41 Å². The van der Waals surface area contributed by atoms with E-state index in [2.05, 4.69) is 19.7 Å². The number of aliphatic hydroxyl groups is 4. The Morgan fingerprint density at radius 1 is 0.625 bits per heavy atom. The first-order valence-corrected chi connectivity index (χ1v) is 6.05. The Morgan fingerprint density at radius 2 is 0.750 bits per heavy atom. The molecule has 0 unspecified atom stereocenters. The van der Waals surface area contributed by atoms with E-state index in [1.54, 1.807) is 0 Å². The summed E-state index contributed by atoms with van der Waals surface area (Å²) in [6, 6.07) is 0. The lowest BCUT2D eigenvalue weighted by Gasteiger charge is -2.23. The van der Waals surface area contributed by atoms with Crippen molar-refractivity contribution in [2.45, 2.75) is 0 Å². The van der Waals surface area contributed by atoms with Crippen molar-refractivity contribution in [3.8, 4) is 0 Å². The first-order chi connectivity index (χ1) is 11.1. The molecular formula is C14H24O10. The molecule has 24 heavy (non-hydrogen) atoms. The standard InChI is InChI=1S/C5H12O4.3C3H4O2/c6-1-5(2-7,3-8)4-9;3*1-2-3(4)5/h6-9H,1-4H2;3*2H,1H2,(H,4,5). The molecule has 0 atom stereocenters. The van der Waals surface area contributed by atoms with Gasteiger partial charge in [-0.05, 0) is 0 Å². The maximum absolute atomic E-state index is 9.25. The van der Waals surface area contributed by atoms with E-state index in [1.807, 2.05) is 0 Å². The number of carboxylic acid groups (broad SMARTS) is 3. The summed E-state index contributed by atoms with van der Waals surface area (Å²) in [5.74, 6) is -2.94. The Balaban J connectivity index is -0.000000116. The molecule has 140 valence electrons. The van der Waals surface area contributed by atoms with Crippen molar-refractivity contribution in [3.05, 3.63) is 38.0 Å². The van der Waals surface area contributed by atoms with Crippen LogP contribution in [0.15, 0.2) is 38.0 Å². The van der Waals surface area contributed by atoms with Crippen molar-refractivity contribution in [2.75, 3.05) is 26.4 Å². The van der Waals surface area contributed by atoms with Crippen molar-refractivity contribution in [1.82, 2.24) is 0 Å². The maximum Gasteiger partial charge on any atom is 0.327 e.